The predicted octanol–water partition coefficient (Wildman–Crippen LogP) is 3.54. The van der Waals surface area contributed by atoms with Crippen LogP contribution >= 0.6 is 11.3 Å². The highest BCUT2D eigenvalue weighted by molar-refractivity contribution is 7.10. The number of ketones is 1. The normalized spacial score (nSPS) is 11.2. The standard InChI is InChI=1S/C22H24N2O7S/c1-12(23)21(13(2)25)17(26)11-31-22(28)15-9-18(29-3)19(30-4)10-16(15)24-20(27)8-14-6-5-7-32-14/h5-7,9-10,23,26H,8,11H2,1-4H3,(H,24,27)/b21-17-,23-12?. The van der Waals surface area contributed by atoms with Crippen LogP contribution in [0.3, 0.4) is 0 Å². The molecule has 10 heteroatoms. The van der Waals surface area contributed by atoms with E-state index in [9.17, 15) is 19.5 Å². The summed E-state index contributed by atoms with van der Waals surface area (Å²) in [6.45, 7) is 1.91. The van der Waals surface area contributed by atoms with Gasteiger partial charge < -0.3 is 30.0 Å². The highest BCUT2D eigenvalue weighted by atomic mass is 32.1. The Balaban J connectivity index is 2.32. The van der Waals surface area contributed by atoms with Gasteiger partial charge in [-0.15, -0.1) is 11.3 Å². The second-order valence-electron chi connectivity index (χ2n) is 6.64. The van der Waals surface area contributed by atoms with Crippen molar-refractivity contribution in [1.82, 2.24) is 0 Å². The Labute approximate surface area is 189 Å². The molecule has 0 saturated carbocycles. The molecular formula is C22H24N2O7S. The van der Waals surface area contributed by atoms with Gasteiger partial charge in [0, 0.05) is 22.7 Å². The molecule has 0 radical (unpaired) electrons. The highest BCUT2D eigenvalue weighted by Gasteiger charge is 2.22. The third-order valence-electron chi connectivity index (χ3n) is 4.29. The van der Waals surface area contributed by atoms with Crippen molar-refractivity contribution in [3.05, 3.63) is 51.4 Å². The van der Waals surface area contributed by atoms with Crippen LogP contribution in [0.2, 0.25) is 0 Å². The monoisotopic (exact) mass is 460 g/mol. The molecule has 2 aromatic rings. The largest absolute Gasteiger partial charge is 0.508 e. The first-order valence-electron chi connectivity index (χ1n) is 9.41. The maximum Gasteiger partial charge on any atom is 0.340 e. The molecule has 170 valence electrons. The predicted molar refractivity (Wildman–Crippen MR) is 120 cm³/mol. The number of hydrogen-bond donors (Lipinski definition) is 3. The van der Waals surface area contributed by atoms with E-state index in [4.69, 9.17) is 19.6 Å². The van der Waals surface area contributed by atoms with E-state index in [1.165, 1.54) is 51.5 Å². The lowest BCUT2D eigenvalue weighted by atomic mass is 10.1. The molecule has 0 atom stereocenters. The van der Waals surface area contributed by atoms with E-state index in [1.54, 1.807) is 0 Å². The minimum atomic E-state index is -0.880. The van der Waals surface area contributed by atoms with Gasteiger partial charge in [-0.05, 0) is 25.3 Å². The van der Waals surface area contributed by atoms with E-state index in [0.717, 1.165) is 4.88 Å². The summed E-state index contributed by atoms with van der Waals surface area (Å²) in [5, 5.41) is 22.2. The molecule has 0 aliphatic rings. The average molecular weight is 461 g/mol. The summed E-state index contributed by atoms with van der Waals surface area (Å²) in [6, 6.07) is 6.43. The van der Waals surface area contributed by atoms with Crippen LogP contribution in [0.1, 0.15) is 29.1 Å². The minimum absolute atomic E-state index is 0.0362. The highest BCUT2D eigenvalue weighted by Crippen LogP contribution is 2.34. The lowest BCUT2D eigenvalue weighted by Crippen LogP contribution is -2.19. The Morgan fingerprint density at radius 2 is 1.78 bits per heavy atom. The fourth-order valence-electron chi connectivity index (χ4n) is 2.88. The molecular weight excluding hydrogens is 436 g/mol. The lowest BCUT2D eigenvalue weighted by molar-refractivity contribution is -0.115. The van der Waals surface area contributed by atoms with Crippen LogP contribution in [0.25, 0.3) is 0 Å². The zero-order valence-electron chi connectivity index (χ0n) is 18.1. The maximum absolute atomic E-state index is 12.8. The van der Waals surface area contributed by atoms with Gasteiger partial charge in [-0.25, -0.2) is 4.79 Å². The Morgan fingerprint density at radius 1 is 1.12 bits per heavy atom. The fourth-order valence-corrected chi connectivity index (χ4v) is 3.59. The lowest BCUT2D eigenvalue weighted by Gasteiger charge is -2.15. The van der Waals surface area contributed by atoms with Crippen molar-refractivity contribution in [3.8, 4) is 11.5 Å². The first-order chi connectivity index (χ1) is 15.2. The number of methoxy groups -OCH3 is 2. The summed E-state index contributed by atoms with van der Waals surface area (Å²) >= 11 is 1.43. The van der Waals surface area contributed by atoms with Crippen LogP contribution in [0, 0.1) is 5.41 Å². The maximum atomic E-state index is 12.8. The van der Waals surface area contributed by atoms with Crippen molar-refractivity contribution in [1.29, 1.82) is 5.41 Å². The topological polar surface area (TPSA) is 135 Å². The van der Waals surface area contributed by atoms with Crippen LogP contribution < -0.4 is 14.8 Å². The summed E-state index contributed by atoms with van der Waals surface area (Å²) in [7, 11) is 2.81. The van der Waals surface area contributed by atoms with E-state index in [-0.39, 0.29) is 46.4 Å². The van der Waals surface area contributed by atoms with Crippen molar-refractivity contribution < 1.29 is 33.7 Å². The number of rotatable bonds is 10. The number of nitrogens with one attached hydrogen (secondary N) is 2. The number of aliphatic hydroxyl groups excluding tert-OH is 1. The molecule has 0 saturated heterocycles. The summed E-state index contributed by atoms with van der Waals surface area (Å²) < 4.78 is 15.6. The second kappa shape index (κ2) is 11.1. The number of thiophene rings is 1. The Morgan fingerprint density at radius 3 is 2.31 bits per heavy atom. The summed E-state index contributed by atoms with van der Waals surface area (Å²) in [4.78, 5) is 37.7. The van der Waals surface area contributed by atoms with E-state index in [2.05, 4.69) is 5.32 Å². The fraction of sp³-hybridized carbons (Fsp3) is 0.273. The number of Topliss-reactive ketones (excluding diaryl/α,β-unsaturated/α-hetero) is 1. The summed E-state index contributed by atoms with van der Waals surface area (Å²) in [6.07, 6.45) is 0.116. The molecule has 1 amide bonds. The number of ether oxygens (including phenoxy) is 3. The number of esters is 1. The minimum Gasteiger partial charge on any atom is -0.508 e. The number of hydrogen-bond acceptors (Lipinski definition) is 9. The molecule has 3 N–H and O–H groups in total. The average Bonchev–Trinajstić information content (AvgIpc) is 3.23. The molecule has 0 fully saturated rings. The van der Waals surface area contributed by atoms with Gasteiger partial charge in [0.2, 0.25) is 5.91 Å². The van der Waals surface area contributed by atoms with Crippen LogP contribution in [-0.4, -0.2) is 49.3 Å². The van der Waals surface area contributed by atoms with Crippen LogP contribution in [-0.2, 0) is 20.7 Å². The molecule has 1 heterocycles. The number of aliphatic hydroxyl groups is 1. The number of anilines is 1. The zero-order chi connectivity index (χ0) is 23.8. The van der Waals surface area contributed by atoms with Gasteiger partial charge in [-0.3, -0.25) is 9.59 Å². The summed E-state index contributed by atoms with van der Waals surface area (Å²) in [5.41, 5.74) is -0.285. The number of carbonyl (C=O) groups is 3. The molecule has 2 rings (SSSR count). The van der Waals surface area contributed by atoms with Gasteiger partial charge in [0.1, 0.15) is 12.4 Å². The number of amides is 1. The van der Waals surface area contributed by atoms with Crippen molar-refractivity contribution >= 4 is 40.4 Å². The van der Waals surface area contributed by atoms with Gasteiger partial charge in [-0.2, -0.15) is 0 Å². The number of benzene rings is 1. The Bertz CT molecular complexity index is 1040. The molecule has 0 spiro atoms. The van der Waals surface area contributed by atoms with Gasteiger partial charge in [0.15, 0.2) is 17.3 Å². The molecule has 32 heavy (non-hydrogen) atoms. The van der Waals surface area contributed by atoms with Crippen LogP contribution in [0.5, 0.6) is 11.5 Å². The second-order valence-corrected chi connectivity index (χ2v) is 7.67. The van der Waals surface area contributed by atoms with Gasteiger partial charge >= 0.3 is 5.97 Å². The smallest absolute Gasteiger partial charge is 0.340 e. The van der Waals surface area contributed by atoms with Gasteiger partial charge in [0.05, 0.1) is 37.5 Å². The SMILES string of the molecule is COc1cc(NC(=O)Cc2cccs2)c(C(=O)OC/C(O)=C(\C(C)=N)C(C)=O)cc1OC. The van der Waals surface area contributed by atoms with Crippen LogP contribution in [0.4, 0.5) is 5.69 Å². The van der Waals surface area contributed by atoms with E-state index < -0.39 is 24.1 Å². The Kier molecular flexibility index (Phi) is 8.54. The molecule has 0 aliphatic heterocycles. The molecule has 1 aromatic heterocycles. The third-order valence-corrected chi connectivity index (χ3v) is 5.16. The third kappa shape index (κ3) is 6.17. The van der Waals surface area contributed by atoms with Crippen molar-refractivity contribution in [2.75, 3.05) is 26.1 Å². The molecule has 0 aliphatic carbocycles. The van der Waals surface area contributed by atoms with Crippen molar-refractivity contribution in [2.24, 2.45) is 0 Å². The van der Waals surface area contributed by atoms with Crippen molar-refractivity contribution in [2.45, 2.75) is 20.3 Å². The zero-order valence-corrected chi connectivity index (χ0v) is 18.9. The molecule has 9 nitrogen and oxygen atoms in total. The first-order valence-corrected chi connectivity index (χ1v) is 10.3. The van der Waals surface area contributed by atoms with Crippen molar-refractivity contribution in [3.63, 3.8) is 0 Å². The quantitative estimate of drug-likeness (QED) is 0.214. The Hall–Kier alpha value is -3.66. The molecule has 0 bridgehead atoms. The van der Waals surface area contributed by atoms with Gasteiger partial charge in [0.25, 0.3) is 0 Å². The molecule has 1 aromatic carbocycles. The van der Waals surface area contributed by atoms with E-state index >= 15 is 0 Å². The molecule has 0 unspecified atom stereocenters. The van der Waals surface area contributed by atoms with Gasteiger partial charge in [-0.1, -0.05) is 6.07 Å². The first kappa shape index (κ1) is 24.6. The number of allylic oxidation sites excluding steroid dienone is 1. The van der Waals surface area contributed by atoms with Crippen LogP contribution in [0.15, 0.2) is 41.0 Å². The van der Waals surface area contributed by atoms with E-state index in [0.29, 0.717) is 0 Å². The van der Waals surface area contributed by atoms with E-state index in [1.807, 2.05) is 17.5 Å². The number of carbonyl (C=O) groups excluding carboxylic acids is 3. The summed E-state index contributed by atoms with van der Waals surface area (Å²) in [5.74, 6) is -1.78.